The maximum absolute atomic E-state index is 12.9. The zero-order chi connectivity index (χ0) is 20.1. The molecule has 28 heavy (non-hydrogen) atoms. The molecule has 2 heterocycles. The first-order valence-electron chi connectivity index (χ1n) is 8.66. The molecular weight excluding hydrogens is 422 g/mol. The number of benzene rings is 1. The molecule has 0 atom stereocenters. The van der Waals surface area contributed by atoms with Crippen LogP contribution < -0.4 is 9.64 Å². The van der Waals surface area contributed by atoms with Gasteiger partial charge >= 0.3 is 6.09 Å². The zero-order valence-corrected chi connectivity index (χ0v) is 17.4. The molecule has 0 bridgehead atoms. The first kappa shape index (κ1) is 19.8. The molecule has 2 aromatic heterocycles. The number of amides is 1. The van der Waals surface area contributed by atoms with Crippen molar-refractivity contribution in [2.24, 2.45) is 0 Å². The SMILES string of the molecule is CC(C)(C)OC(=O)N(c1ccccc1)c1cc(Oc2ncccc2Br)ccn1. The van der Waals surface area contributed by atoms with Gasteiger partial charge < -0.3 is 9.47 Å². The molecular formula is C21H20BrN3O3. The van der Waals surface area contributed by atoms with Gasteiger partial charge in [-0.15, -0.1) is 0 Å². The highest BCUT2D eigenvalue weighted by Crippen LogP contribution is 2.31. The summed E-state index contributed by atoms with van der Waals surface area (Å²) in [6.07, 6.45) is 2.68. The van der Waals surface area contributed by atoms with Crippen molar-refractivity contribution < 1.29 is 14.3 Å². The summed E-state index contributed by atoms with van der Waals surface area (Å²) >= 11 is 3.41. The summed E-state index contributed by atoms with van der Waals surface area (Å²) in [7, 11) is 0. The first-order valence-corrected chi connectivity index (χ1v) is 9.45. The minimum atomic E-state index is -0.642. The summed E-state index contributed by atoms with van der Waals surface area (Å²) in [5, 5.41) is 0. The number of para-hydroxylation sites is 1. The van der Waals surface area contributed by atoms with Crippen molar-refractivity contribution in [3.63, 3.8) is 0 Å². The summed E-state index contributed by atoms with van der Waals surface area (Å²) in [5.41, 5.74) is -0.00254. The Morgan fingerprint density at radius 1 is 1.00 bits per heavy atom. The van der Waals surface area contributed by atoms with Gasteiger partial charge in [-0.25, -0.2) is 19.7 Å². The number of rotatable bonds is 4. The Balaban J connectivity index is 1.96. The van der Waals surface area contributed by atoms with E-state index in [0.717, 1.165) is 4.47 Å². The average molecular weight is 442 g/mol. The fourth-order valence-electron chi connectivity index (χ4n) is 2.36. The van der Waals surface area contributed by atoms with Crippen molar-refractivity contribution in [2.75, 3.05) is 4.90 Å². The first-order chi connectivity index (χ1) is 13.3. The van der Waals surface area contributed by atoms with E-state index in [1.165, 1.54) is 4.90 Å². The van der Waals surface area contributed by atoms with Gasteiger partial charge in [0.2, 0.25) is 5.88 Å². The molecule has 7 heteroatoms. The maximum atomic E-state index is 12.9. The van der Waals surface area contributed by atoms with Crippen LogP contribution in [0.1, 0.15) is 20.8 Å². The van der Waals surface area contributed by atoms with E-state index in [1.54, 1.807) is 30.6 Å². The lowest BCUT2D eigenvalue weighted by Crippen LogP contribution is -2.34. The largest absolute Gasteiger partial charge is 0.443 e. The van der Waals surface area contributed by atoms with Crippen LogP contribution in [0.3, 0.4) is 0 Å². The standard InChI is InChI=1S/C21H20BrN3O3/c1-21(2,3)28-20(26)25(15-8-5-4-6-9-15)18-14-16(11-13-23-18)27-19-17(22)10-7-12-24-19/h4-14H,1-3H3. The Bertz CT molecular complexity index is 958. The van der Waals surface area contributed by atoms with E-state index < -0.39 is 11.7 Å². The van der Waals surface area contributed by atoms with Gasteiger partial charge in [0.15, 0.2) is 0 Å². The van der Waals surface area contributed by atoms with Crippen molar-refractivity contribution in [2.45, 2.75) is 26.4 Å². The van der Waals surface area contributed by atoms with Gasteiger partial charge in [0.25, 0.3) is 0 Å². The monoisotopic (exact) mass is 441 g/mol. The van der Waals surface area contributed by atoms with Crippen molar-refractivity contribution >= 4 is 33.5 Å². The predicted molar refractivity (Wildman–Crippen MR) is 111 cm³/mol. The Morgan fingerprint density at radius 3 is 2.43 bits per heavy atom. The van der Waals surface area contributed by atoms with E-state index in [2.05, 4.69) is 25.9 Å². The molecule has 3 rings (SSSR count). The van der Waals surface area contributed by atoms with E-state index in [1.807, 2.05) is 57.2 Å². The second kappa shape index (κ2) is 8.39. The van der Waals surface area contributed by atoms with Gasteiger partial charge in [-0.3, -0.25) is 0 Å². The van der Waals surface area contributed by atoms with E-state index in [9.17, 15) is 4.79 Å². The normalized spacial score (nSPS) is 11.0. The molecule has 0 aliphatic carbocycles. The van der Waals surface area contributed by atoms with Crippen molar-refractivity contribution in [1.82, 2.24) is 9.97 Å². The molecule has 0 aliphatic rings. The molecule has 1 amide bonds. The smallest absolute Gasteiger partial charge is 0.420 e. The Kier molecular flexibility index (Phi) is 5.94. The second-order valence-electron chi connectivity index (χ2n) is 6.89. The zero-order valence-electron chi connectivity index (χ0n) is 15.8. The molecule has 0 N–H and O–H groups in total. The fraction of sp³-hybridized carbons (Fsp3) is 0.190. The molecule has 0 saturated carbocycles. The summed E-state index contributed by atoms with van der Waals surface area (Å²) in [6.45, 7) is 5.46. The lowest BCUT2D eigenvalue weighted by Gasteiger charge is -2.27. The number of carbonyl (C=O) groups excluding carboxylic acids is 1. The van der Waals surface area contributed by atoms with Crippen LogP contribution in [0.2, 0.25) is 0 Å². The Hall–Kier alpha value is -2.93. The third-order valence-electron chi connectivity index (χ3n) is 3.48. The Morgan fingerprint density at radius 2 is 1.75 bits per heavy atom. The molecule has 0 radical (unpaired) electrons. The van der Waals surface area contributed by atoms with Crippen LogP contribution in [-0.2, 0) is 4.74 Å². The van der Waals surface area contributed by atoms with Gasteiger partial charge in [-0.05, 0) is 67.0 Å². The highest BCUT2D eigenvalue weighted by atomic mass is 79.9. The van der Waals surface area contributed by atoms with E-state index >= 15 is 0 Å². The van der Waals surface area contributed by atoms with Crippen molar-refractivity contribution in [3.05, 3.63) is 71.5 Å². The summed E-state index contributed by atoms with van der Waals surface area (Å²) in [5.74, 6) is 1.29. The number of hydrogen-bond donors (Lipinski definition) is 0. The van der Waals surface area contributed by atoms with Crippen LogP contribution in [0.4, 0.5) is 16.3 Å². The topological polar surface area (TPSA) is 64.5 Å². The molecule has 0 unspecified atom stereocenters. The van der Waals surface area contributed by atoms with Crippen LogP contribution >= 0.6 is 15.9 Å². The fourth-order valence-corrected chi connectivity index (χ4v) is 2.70. The average Bonchev–Trinajstić information content (AvgIpc) is 2.64. The number of hydrogen-bond acceptors (Lipinski definition) is 5. The number of aromatic nitrogens is 2. The lowest BCUT2D eigenvalue weighted by molar-refractivity contribution is 0.0598. The maximum Gasteiger partial charge on any atom is 0.420 e. The molecule has 1 aromatic carbocycles. The Labute approximate surface area is 172 Å². The highest BCUT2D eigenvalue weighted by molar-refractivity contribution is 9.10. The van der Waals surface area contributed by atoms with Crippen molar-refractivity contribution in [3.8, 4) is 11.6 Å². The van der Waals surface area contributed by atoms with Crippen LogP contribution in [0.5, 0.6) is 11.6 Å². The molecule has 0 spiro atoms. The minimum absolute atomic E-state index is 0.380. The van der Waals surface area contributed by atoms with Gasteiger partial charge in [-0.1, -0.05) is 18.2 Å². The van der Waals surface area contributed by atoms with Crippen LogP contribution in [0.15, 0.2) is 71.5 Å². The third kappa shape index (κ3) is 5.07. The molecule has 3 aromatic rings. The van der Waals surface area contributed by atoms with Crippen LogP contribution in [0, 0.1) is 0 Å². The number of ether oxygens (including phenoxy) is 2. The molecule has 0 saturated heterocycles. The number of carbonyl (C=O) groups is 1. The number of halogens is 1. The number of nitrogens with zero attached hydrogens (tertiary/aromatic N) is 3. The highest BCUT2D eigenvalue weighted by Gasteiger charge is 2.26. The van der Waals surface area contributed by atoms with Crippen molar-refractivity contribution in [1.29, 1.82) is 0 Å². The van der Waals surface area contributed by atoms with E-state index in [0.29, 0.717) is 23.1 Å². The molecule has 0 fully saturated rings. The number of anilines is 2. The van der Waals surface area contributed by atoms with Gasteiger partial charge in [0, 0.05) is 18.5 Å². The number of pyridine rings is 2. The lowest BCUT2D eigenvalue weighted by atomic mass is 10.2. The third-order valence-corrected chi connectivity index (χ3v) is 4.08. The molecule has 6 nitrogen and oxygen atoms in total. The van der Waals surface area contributed by atoms with Gasteiger partial charge in [0.05, 0.1) is 10.2 Å². The summed E-state index contributed by atoms with van der Waals surface area (Å²) in [4.78, 5) is 22.8. The summed E-state index contributed by atoms with van der Waals surface area (Å²) in [6, 6.07) is 16.2. The predicted octanol–water partition coefficient (Wildman–Crippen LogP) is 6.10. The van der Waals surface area contributed by atoms with E-state index in [-0.39, 0.29) is 0 Å². The quantitative estimate of drug-likeness (QED) is 0.488. The van der Waals surface area contributed by atoms with Crippen LogP contribution in [0.25, 0.3) is 0 Å². The second-order valence-corrected chi connectivity index (χ2v) is 7.75. The minimum Gasteiger partial charge on any atom is -0.443 e. The van der Waals surface area contributed by atoms with E-state index in [4.69, 9.17) is 9.47 Å². The molecule has 0 aliphatic heterocycles. The molecule has 144 valence electrons. The summed E-state index contributed by atoms with van der Waals surface area (Å²) < 4.78 is 12.1. The van der Waals surface area contributed by atoms with Gasteiger partial charge in [-0.2, -0.15) is 0 Å². The van der Waals surface area contributed by atoms with Crippen LogP contribution in [-0.4, -0.2) is 21.7 Å². The van der Waals surface area contributed by atoms with Gasteiger partial charge in [0.1, 0.15) is 17.2 Å².